The Morgan fingerprint density at radius 2 is 2.09 bits per heavy atom. The van der Waals surface area contributed by atoms with E-state index in [0.717, 1.165) is 37.3 Å². The molecule has 1 aliphatic heterocycles. The van der Waals surface area contributed by atoms with Gasteiger partial charge in [-0.25, -0.2) is 0 Å². The van der Waals surface area contributed by atoms with Crippen LogP contribution in [-0.4, -0.2) is 30.1 Å². The van der Waals surface area contributed by atoms with Crippen molar-refractivity contribution in [3.63, 3.8) is 0 Å². The summed E-state index contributed by atoms with van der Waals surface area (Å²) in [6.07, 6.45) is 2.49. The molecule has 1 saturated heterocycles. The molecule has 0 radical (unpaired) electrons. The molecule has 1 fully saturated rings. The molecule has 4 nitrogen and oxygen atoms in total. The van der Waals surface area contributed by atoms with E-state index in [0.29, 0.717) is 5.11 Å². The maximum absolute atomic E-state index is 5.55. The summed E-state index contributed by atoms with van der Waals surface area (Å²) in [4.78, 5) is 0. The van der Waals surface area contributed by atoms with Crippen molar-refractivity contribution in [1.29, 1.82) is 0 Å². The van der Waals surface area contributed by atoms with Gasteiger partial charge in [0.2, 0.25) is 0 Å². The molecule has 1 aliphatic rings. The van der Waals surface area contributed by atoms with Gasteiger partial charge < -0.3 is 10.1 Å². The Morgan fingerprint density at radius 3 is 2.87 bits per heavy atom. The number of nitrogens with one attached hydrogen (secondary N) is 2. The Bertz CT molecular complexity index is 723. The zero-order chi connectivity index (χ0) is 16.1. The van der Waals surface area contributed by atoms with Crippen LogP contribution in [0.3, 0.4) is 0 Å². The van der Waals surface area contributed by atoms with Crippen molar-refractivity contribution in [3.05, 3.63) is 48.0 Å². The van der Waals surface area contributed by atoms with Crippen LogP contribution >= 0.6 is 12.2 Å². The highest BCUT2D eigenvalue weighted by Crippen LogP contribution is 2.16. The van der Waals surface area contributed by atoms with Crippen molar-refractivity contribution >= 4 is 33.8 Å². The first-order chi connectivity index (χ1) is 11.2. The highest BCUT2D eigenvalue weighted by Gasteiger charge is 2.15. The lowest BCUT2D eigenvalue weighted by Crippen LogP contribution is -2.37. The molecule has 1 atom stereocenters. The number of hydrogen-bond donors (Lipinski definition) is 2. The fourth-order valence-electron chi connectivity index (χ4n) is 2.66. The van der Waals surface area contributed by atoms with Crippen molar-refractivity contribution in [2.75, 3.05) is 13.2 Å². The van der Waals surface area contributed by atoms with Gasteiger partial charge >= 0.3 is 0 Å². The molecule has 2 aromatic rings. The molecule has 0 amide bonds. The van der Waals surface area contributed by atoms with Crippen LogP contribution in [0.1, 0.15) is 25.3 Å². The zero-order valence-electron chi connectivity index (χ0n) is 13.2. The molecule has 0 unspecified atom stereocenters. The maximum atomic E-state index is 5.55. The van der Waals surface area contributed by atoms with Gasteiger partial charge in [-0.15, -0.1) is 0 Å². The van der Waals surface area contributed by atoms with Crippen LogP contribution in [0.2, 0.25) is 0 Å². The first kappa shape index (κ1) is 15.9. The number of hydrazone groups is 1. The number of benzene rings is 2. The Balaban J connectivity index is 1.58. The minimum atomic E-state index is 0.264. The fourth-order valence-corrected chi connectivity index (χ4v) is 2.79. The topological polar surface area (TPSA) is 45.7 Å². The average Bonchev–Trinajstić information content (AvgIpc) is 3.11. The predicted molar refractivity (Wildman–Crippen MR) is 98.9 cm³/mol. The molecule has 0 aromatic heterocycles. The number of nitrogens with zero attached hydrogens (tertiary/aromatic N) is 1. The minimum absolute atomic E-state index is 0.264. The molecule has 0 spiro atoms. The first-order valence-electron chi connectivity index (χ1n) is 7.91. The van der Waals surface area contributed by atoms with Gasteiger partial charge in [-0.3, -0.25) is 5.43 Å². The monoisotopic (exact) mass is 327 g/mol. The summed E-state index contributed by atoms with van der Waals surface area (Å²) < 4.78 is 5.55. The third-order valence-electron chi connectivity index (χ3n) is 4.01. The molecular formula is C18H21N3OS. The van der Waals surface area contributed by atoms with Crippen LogP contribution in [0, 0.1) is 0 Å². The largest absolute Gasteiger partial charge is 0.376 e. The SMILES string of the molecule is C/C(=N/NC(=S)NC[C@@H]1CCCO1)c1ccc2ccccc2c1. The average molecular weight is 327 g/mol. The van der Waals surface area contributed by atoms with Gasteiger partial charge in [0.25, 0.3) is 0 Å². The van der Waals surface area contributed by atoms with E-state index < -0.39 is 0 Å². The Morgan fingerprint density at radius 1 is 1.26 bits per heavy atom. The summed E-state index contributed by atoms with van der Waals surface area (Å²) in [5.74, 6) is 0. The second kappa shape index (κ2) is 7.53. The summed E-state index contributed by atoms with van der Waals surface area (Å²) in [6.45, 7) is 3.56. The first-order valence-corrected chi connectivity index (χ1v) is 8.32. The van der Waals surface area contributed by atoms with Gasteiger partial charge in [-0.05, 0) is 54.4 Å². The van der Waals surface area contributed by atoms with E-state index in [-0.39, 0.29) is 6.10 Å². The third-order valence-corrected chi connectivity index (χ3v) is 4.24. The number of ether oxygens (including phenoxy) is 1. The van der Waals surface area contributed by atoms with Gasteiger partial charge in [0.1, 0.15) is 0 Å². The quantitative estimate of drug-likeness (QED) is 0.514. The molecule has 0 aliphatic carbocycles. The Labute approximate surface area is 141 Å². The lowest BCUT2D eigenvalue weighted by atomic mass is 10.0. The van der Waals surface area contributed by atoms with Crippen molar-refractivity contribution < 1.29 is 4.74 Å². The molecule has 5 heteroatoms. The zero-order valence-corrected chi connectivity index (χ0v) is 14.0. The van der Waals surface area contributed by atoms with Crippen LogP contribution in [0.15, 0.2) is 47.6 Å². The predicted octanol–water partition coefficient (Wildman–Crippen LogP) is 3.21. The minimum Gasteiger partial charge on any atom is -0.376 e. The van der Waals surface area contributed by atoms with Gasteiger partial charge in [0.15, 0.2) is 5.11 Å². The van der Waals surface area contributed by atoms with E-state index in [4.69, 9.17) is 17.0 Å². The molecular weight excluding hydrogens is 306 g/mol. The Kier molecular flexibility index (Phi) is 5.20. The van der Waals surface area contributed by atoms with Crippen molar-refractivity contribution in [1.82, 2.24) is 10.7 Å². The fraction of sp³-hybridized carbons (Fsp3) is 0.333. The van der Waals surface area contributed by atoms with Crippen LogP contribution in [0.25, 0.3) is 10.8 Å². The maximum Gasteiger partial charge on any atom is 0.187 e. The normalized spacial score (nSPS) is 18.1. The molecule has 2 aromatic carbocycles. The molecule has 23 heavy (non-hydrogen) atoms. The summed E-state index contributed by atoms with van der Waals surface area (Å²) in [5.41, 5.74) is 4.89. The summed E-state index contributed by atoms with van der Waals surface area (Å²) >= 11 is 5.25. The number of hydrogen-bond acceptors (Lipinski definition) is 3. The molecule has 2 N–H and O–H groups in total. The van der Waals surface area contributed by atoms with Crippen LogP contribution in [0.4, 0.5) is 0 Å². The standard InChI is InChI=1S/C18H21N3OS/c1-13(15-9-8-14-5-2-3-6-16(14)11-15)20-21-18(23)19-12-17-7-4-10-22-17/h2-3,5-6,8-9,11,17H,4,7,10,12H2,1H3,(H2,19,21,23)/b20-13-/t17-/m0/s1. The second-order valence-corrected chi connectivity index (χ2v) is 6.12. The van der Waals surface area contributed by atoms with Crippen LogP contribution in [-0.2, 0) is 4.74 Å². The van der Waals surface area contributed by atoms with Crippen molar-refractivity contribution in [3.8, 4) is 0 Å². The highest BCUT2D eigenvalue weighted by atomic mass is 32.1. The molecule has 3 rings (SSSR count). The second-order valence-electron chi connectivity index (χ2n) is 5.72. The number of rotatable bonds is 4. The van der Waals surface area contributed by atoms with E-state index in [2.05, 4.69) is 46.2 Å². The summed E-state index contributed by atoms with van der Waals surface area (Å²) in [5, 5.41) is 10.5. The molecule has 120 valence electrons. The number of thiocarbonyl (C=S) groups is 1. The van der Waals surface area contributed by atoms with Crippen molar-refractivity contribution in [2.24, 2.45) is 5.10 Å². The number of fused-ring (bicyclic) bond motifs is 1. The van der Waals surface area contributed by atoms with Crippen LogP contribution in [0.5, 0.6) is 0 Å². The van der Waals surface area contributed by atoms with Gasteiger partial charge in [0.05, 0.1) is 11.8 Å². The molecule has 0 saturated carbocycles. The lowest BCUT2D eigenvalue weighted by Gasteiger charge is -2.12. The lowest BCUT2D eigenvalue weighted by molar-refractivity contribution is 0.114. The van der Waals surface area contributed by atoms with Gasteiger partial charge in [-0.1, -0.05) is 36.4 Å². The van der Waals surface area contributed by atoms with Gasteiger partial charge in [0, 0.05) is 13.2 Å². The van der Waals surface area contributed by atoms with Gasteiger partial charge in [-0.2, -0.15) is 5.10 Å². The Hall–Kier alpha value is -1.98. The highest BCUT2D eigenvalue weighted by molar-refractivity contribution is 7.80. The van der Waals surface area contributed by atoms with E-state index in [1.165, 1.54) is 10.8 Å². The third kappa shape index (κ3) is 4.27. The summed E-state index contributed by atoms with van der Waals surface area (Å²) in [6, 6.07) is 14.6. The molecule has 0 bridgehead atoms. The van der Waals surface area contributed by atoms with Crippen LogP contribution < -0.4 is 10.7 Å². The summed E-state index contributed by atoms with van der Waals surface area (Å²) in [7, 11) is 0. The van der Waals surface area contributed by atoms with E-state index in [9.17, 15) is 0 Å². The van der Waals surface area contributed by atoms with E-state index >= 15 is 0 Å². The smallest absolute Gasteiger partial charge is 0.187 e. The van der Waals surface area contributed by atoms with E-state index in [1.54, 1.807) is 0 Å². The van der Waals surface area contributed by atoms with Crippen molar-refractivity contribution in [2.45, 2.75) is 25.9 Å². The van der Waals surface area contributed by atoms with E-state index in [1.807, 2.05) is 19.1 Å². The molecule has 1 heterocycles.